The van der Waals surface area contributed by atoms with E-state index in [1.807, 2.05) is 67.6 Å². The summed E-state index contributed by atoms with van der Waals surface area (Å²) in [5.74, 6) is -0.969. The Hall–Kier alpha value is -3.03. The first kappa shape index (κ1) is 25.6. The summed E-state index contributed by atoms with van der Waals surface area (Å²) in [6.07, 6.45) is 0.440. The van der Waals surface area contributed by atoms with E-state index in [1.54, 1.807) is 0 Å². The Labute approximate surface area is 202 Å². The summed E-state index contributed by atoms with van der Waals surface area (Å²) < 4.78 is 0. The predicted molar refractivity (Wildman–Crippen MR) is 135 cm³/mol. The van der Waals surface area contributed by atoms with E-state index < -0.39 is 12.0 Å². The zero-order valence-electron chi connectivity index (χ0n) is 20.4. The fourth-order valence-corrected chi connectivity index (χ4v) is 4.24. The molecule has 0 saturated carbocycles. The Bertz CT molecular complexity index is 905. The molecule has 2 aromatic carbocycles. The molecule has 0 spiro atoms. The molecule has 1 heterocycles. The number of carbonyl (C=O) groups excluding carboxylic acids is 2. The van der Waals surface area contributed by atoms with Crippen molar-refractivity contribution < 1.29 is 14.4 Å². The Kier molecular flexibility index (Phi) is 9.79. The molecular weight excluding hydrogens is 428 g/mol. The molecule has 2 aromatic rings. The molecule has 2 amide bonds. The number of hydrogen-bond acceptors (Lipinski definition) is 6. The predicted octanol–water partition coefficient (Wildman–Crippen LogP) is 3.27. The van der Waals surface area contributed by atoms with Gasteiger partial charge in [0.2, 0.25) is 11.8 Å². The molecule has 34 heavy (non-hydrogen) atoms. The van der Waals surface area contributed by atoms with E-state index in [-0.39, 0.29) is 11.8 Å². The third-order valence-electron chi connectivity index (χ3n) is 6.19. The van der Waals surface area contributed by atoms with Crippen LogP contribution in [-0.2, 0) is 14.4 Å². The van der Waals surface area contributed by atoms with Gasteiger partial charge in [-0.05, 0) is 31.1 Å². The van der Waals surface area contributed by atoms with Crippen molar-refractivity contribution in [2.24, 2.45) is 5.16 Å². The normalized spacial score (nSPS) is 16.9. The zero-order valence-corrected chi connectivity index (χ0v) is 20.4. The third-order valence-corrected chi connectivity index (χ3v) is 6.19. The summed E-state index contributed by atoms with van der Waals surface area (Å²) in [6, 6.07) is 18.9. The van der Waals surface area contributed by atoms with Gasteiger partial charge in [-0.3, -0.25) is 14.5 Å². The average Bonchev–Trinajstić information content (AvgIpc) is 3.35. The van der Waals surface area contributed by atoms with E-state index in [0.717, 1.165) is 29.9 Å². The molecule has 182 valence electrons. The van der Waals surface area contributed by atoms with Crippen LogP contribution < -0.4 is 5.32 Å². The second kappa shape index (κ2) is 13.0. The lowest BCUT2D eigenvalue weighted by molar-refractivity contribution is -0.146. The maximum absolute atomic E-state index is 14.1. The van der Waals surface area contributed by atoms with Crippen molar-refractivity contribution in [1.82, 2.24) is 15.1 Å². The van der Waals surface area contributed by atoms with Gasteiger partial charge in [-0.1, -0.05) is 79.7 Å². The van der Waals surface area contributed by atoms with E-state index in [9.17, 15) is 9.59 Å². The molecule has 0 aliphatic carbocycles. The molecule has 0 radical (unpaired) electrons. The molecule has 7 heteroatoms. The summed E-state index contributed by atoms with van der Waals surface area (Å²) >= 11 is 0. The maximum Gasteiger partial charge on any atom is 0.246 e. The van der Waals surface area contributed by atoms with Crippen LogP contribution in [-0.4, -0.2) is 72.7 Å². The highest BCUT2D eigenvalue weighted by molar-refractivity contribution is 6.05. The second-order valence-corrected chi connectivity index (χ2v) is 8.32. The van der Waals surface area contributed by atoms with Gasteiger partial charge in [0.25, 0.3) is 0 Å². The van der Waals surface area contributed by atoms with Gasteiger partial charge in [0.05, 0.1) is 17.7 Å². The van der Waals surface area contributed by atoms with Crippen LogP contribution in [0.1, 0.15) is 44.2 Å². The highest BCUT2D eigenvalue weighted by Gasteiger charge is 2.37. The molecule has 0 aromatic heterocycles. The standard InChI is InChI=1S/C27H36N4O3/c1-4-30(5-2)17-18-31(26(32)24-19-23(20-28-24)29-34-6-3)27(33)25(21-13-9-7-10-14-21)22-15-11-8-12-16-22/h7-16,24-25,28H,4-6,17-20H2,1-3H3. The quantitative estimate of drug-likeness (QED) is 0.517. The monoisotopic (exact) mass is 464 g/mol. The first-order valence-corrected chi connectivity index (χ1v) is 12.2. The molecule has 1 N–H and O–H groups in total. The van der Waals surface area contributed by atoms with Gasteiger partial charge in [-0.15, -0.1) is 0 Å². The van der Waals surface area contributed by atoms with E-state index in [0.29, 0.717) is 32.7 Å². The van der Waals surface area contributed by atoms with Crippen molar-refractivity contribution in [1.29, 1.82) is 0 Å². The SMILES string of the molecule is CCON=C1CNC(C(=O)N(CCN(CC)CC)C(=O)C(c2ccccc2)c2ccccc2)C1. The Balaban J connectivity index is 1.91. The minimum absolute atomic E-state index is 0.202. The number of carbonyl (C=O) groups is 2. The van der Waals surface area contributed by atoms with Crippen molar-refractivity contribution in [3.05, 3.63) is 71.8 Å². The topological polar surface area (TPSA) is 74.2 Å². The zero-order chi connectivity index (χ0) is 24.3. The van der Waals surface area contributed by atoms with Gasteiger partial charge >= 0.3 is 0 Å². The van der Waals surface area contributed by atoms with E-state index in [4.69, 9.17) is 4.84 Å². The number of amides is 2. The number of nitrogens with one attached hydrogen (secondary N) is 1. The summed E-state index contributed by atoms with van der Waals surface area (Å²) in [7, 11) is 0. The Morgan fingerprint density at radius 1 is 0.971 bits per heavy atom. The van der Waals surface area contributed by atoms with Crippen LogP contribution in [0.2, 0.25) is 0 Å². The van der Waals surface area contributed by atoms with E-state index >= 15 is 0 Å². The lowest BCUT2D eigenvalue weighted by Crippen LogP contribution is -2.50. The molecule has 1 unspecified atom stereocenters. The van der Waals surface area contributed by atoms with Crippen molar-refractivity contribution >= 4 is 17.5 Å². The number of rotatable bonds is 11. The van der Waals surface area contributed by atoms with Crippen LogP contribution in [0.25, 0.3) is 0 Å². The van der Waals surface area contributed by atoms with Crippen molar-refractivity contribution in [3.8, 4) is 0 Å². The second-order valence-electron chi connectivity index (χ2n) is 8.32. The molecule has 0 bridgehead atoms. The summed E-state index contributed by atoms with van der Waals surface area (Å²) in [6.45, 7) is 9.70. The van der Waals surface area contributed by atoms with Crippen molar-refractivity contribution in [2.45, 2.75) is 39.2 Å². The fraction of sp³-hybridized carbons (Fsp3) is 0.444. The first-order chi connectivity index (χ1) is 16.6. The molecule has 1 aliphatic rings. The summed E-state index contributed by atoms with van der Waals surface area (Å²) in [5.41, 5.74) is 2.54. The summed E-state index contributed by atoms with van der Waals surface area (Å²) in [4.78, 5) is 36.6. The number of likely N-dealkylation sites (N-methyl/N-ethyl adjacent to an activating group) is 1. The maximum atomic E-state index is 14.1. The third kappa shape index (κ3) is 6.52. The Morgan fingerprint density at radius 2 is 1.56 bits per heavy atom. The van der Waals surface area contributed by atoms with Gasteiger partial charge < -0.3 is 15.1 Å². The first-order valence-electron chi connectivity index (χ1n) is 12.2. The smallest absolute Gasteiger partial charge is 0.246 e. The van der Waals surface area contributed by atoms with Crippen LogP contribution in [0.3, 0.4) is 0 Å². The van der Waals surface area contributed by atoms with Crippen LogP contribution in [0.15, 0.2) is 65.8 Å². The minimum Gasteiger partial charge on any atom is -0.396 e. The molecular formula is C27H36N4O3. The van der Waals surface area contributed by atoms with Crippen LogP contribution >= 0.6 is 0 Å². The van der Waals surface area contributed by atoms with Gasteiger partial charge in [-0.2, -0.15) is 0 Å². The van der Waals surface area contributed by atoms with Crippen LogP contribution in [0, 0.1) is 0 Å². The molecule has 1 fully saturated rings. The number of oxime groups is 1. The van der Waals surface area contributed by atoms with Crippen molar-refractivity contribution in [3.63, 3.8) is 0 Å². The number of nitrogens with zero attached hydrogens (tertiary/aromatic N) is 3. The lowest BCUT2D eigenvalue weighted by Gasteiger charge is -2.30. The van der Waals surface area contributed by atoms with Gasteiger partial charge in [0.15, 0.2) is 0 Å². The van der Waals surface area contributed by atoms with Crippen LogP contribution in [0.5, 0.6) is 0 Å². The van der Waals surface area contributed by atoms with Crippen molar-refractivity contribution in [2.75, 3.05) is 39.3 Å². The largest absolute Gasteiger partial charge is 0.396 e. The molecule has 1 aliphatic heterocycles. The van der Waals surface area contributed by atoms with Gasteiger partial charge in [0.1, 0.15) is 6.61 Å². The Morgan fingerprint density at radius 3 is 2.09 bits per heavy atom. The van der Waals surface area contributed by atoms with Crippen LogP contribution in [0.4, 0.5) is 0 Å². The number of imide groups is 1. The number of hydrogen-bond donors (Lipinski definition) is 1. The highest BCUT2D eigenvalue weighted by atomic mass is 16.6. The molecule has 3 rings (SSSR count). The number of benzene rings is 2. The van der Waals surface area contributed by atoms with E-state index in [2.05, 4.69) is 29.2 Å². The van der Waals surface area contributed by atoms with E-state index in [1.165, 1.54) is 4.90 Å². The molecule has 7 nitrogen and oxygen atoms in total. The lowest BCUT2D eigenvalue weighted by atomic mass is 9.89. The van der Waals surface area contributed by atoms with Gasteiger partial charge in [-0.25, -0.2) is 0 Å². The summed E-state index contributed by atoms with van der Waals surface area (Å²) in [5, 5.41) is 7.32. The molecule has 1 saturated heterocycles. The van der Waals surface area contributed by atoms with Gasteiger partial charge in [0, 0.05) is 26.1 Å². The fourth-order valence-electron chi connectivity index (χ4n) is 4.24. The molecule has 1 atom stereocenters. The average molecular weight is 465 g/mol. The highest BCUT2D eigenvalue weighted by Crippen LogP contribution is 2.27. The minimum atomic E-state index is -0.555.